The predicted molar refractivity (Wildman–Crippen MR) is 114 cm³/mol. The molecule has 1 saturated heterocycles. The first-order valence-electron chi connectivity index (χ1n) is 10.7. The third-order valence-electron chi connectivity index (χ3n) is 6.52. The molecule has 3 aromatic rings. The summed E-state index contributed by atoms with van der Waals surface area (Å²) < 4.78 is 52.6. The van der Waals surface area contributed by atoms with E-state index >= 15 is 0 Å². The van der Waals surface area contributed by atoms with E-state index in [1.54, 1.807) is 35.3 Å². The molecule has 2 bridgehead atoms. The van der Waals surface area contributed by atoms with E-state index in [1.807, 2.05) is 0 Å². The third kappa shape index (κ3) is 3.95. The molecule has 3 heterocycles. The Kier molecular flexibility index (Phi) is 5.41. The van der Waals surface area contributed by atoms with Gasteiger partial charge in [-0.1, -0.05) is 0 Å². The van der Waals surface area contributed by atoms with Gasteiger partial charge in [0, 0.05) is 31.5 Å². The minimum atomic E-state index is -4.56. The molecule has 1 saturated carbocycles. The smallest absolute Gasteiger partial charge is 0.353 e. The summed E-state index contributed by atoms with van der Waals surface area (Å²) in [5.41, 5.74) is -0.445. The number of benzene rings is 1. The van der Waals surface area contributed by atoms with Gasteiger partial charge in [-0.15, -0.1) is 0 Å². The number of amides is 1. The second-order valence-electron chi connectivity index (χ2n) is 8.56. The Labute approximate surface area is 192 Å². The van der Waals surface area contributed by atoms with Gasteiger partial charge >= 0.3 is 6.18 Å². The highest BCUT2D eigenvalue weighted by molar-refractivity contribution is 6.00. The average molecular weight is 472 g/mol. The van der Waals surface area contributed by atoms with Gasteiger partial charge in [-0.2, -0.15) is 13.2 Å². The number of piperidine rings is 1. The lowest BCUT2D eigenvalue weighted by Crippen LogP contribution is -2.51. The van der Waals surface area contributed by atoms with Crippen molar-refractivity contribution in [3.8, 4) is 11.4 Å². The number of carbonyl (C=O) groups is 1. The van der Waals surface area contributed by atoms with Gasteiger partial charge in [0.2, 0.25) is 0 Å². The highest BCUT2D eigenvalue weighted by atomic mass is 19.4. The van der Waals surface area contributed by atoms with Crippen molar-refractivity contribution in [2.75, 3.05) is 18.5 Å². The Morgan fingerprint density at radius 3 is 2.50 bits per heavy atom. The number of aromatic nitrogens is 4. The van der Waals surface area contributed by atoms with Crippen molar-refractivity contribution in [3.63, 3.8) is 0 Å². The number of hydrogen-bond donors (Lipinski definition) is 0. The van der Waals surface area contributed by atoms with Gasteiger partial charge in [-0.05, 0) is 43.0 Å². The van der Waals surface area contributed by atoms with Crippen LogP contribution < -0.4 is 4.90 Å². The van der Waals surface area contributed by atoms with Gasteiger partial charge in [0.15, 0.2) is 11.5 Å². The monoisotopic (exact) mass is 472 g/mol. The van der Waals surface area contributed by atoms with E-state index in [0.717, 1.165) is 19.0 Å². The molecule has 1 aromatic carbocycles. The molecule has 3 atom stereocenters. The first kappa shape index (κ1) is 22.2. The second kappa shape index (κ2) is 8.30. The Hall–Kier alpha value is -3.63. The SMILES string of the molecule is CN(c1cnc(C(F)(F)F)cn1)C1C[C@H]2CC1N(C(=O)c1cc(F)ccc1-c1ncccn1)C2. The molecule has 11 heteroatoms. The summed E-state index contributed by atoms with van der Waals surface area (Å²) in [6.45, 7) is 0.526. The van der Waals surface area contributed by atoms with Crippen LogP contribution in [0.25, 0.3) is 11.4 Å². The van der Waals surface area contributed by atoms with Crippen molar-refractivity contribution in [2.24, 2.45) is 5.92 Å². The fourth-order valence-electron chi connectivity index (χ4n) is 4.94. The number of likely N-dealkylation sites (tertiary alicyclic amines) is 1. The zero-order valence-corrected chi connectivity index (χ0v) is 18.1. The lowest BCUT2D eigenvalue weighted by Gasteiger charge is -2.38. The first-order valence-corrected chi connectivity index (χ1v) is 10.7. The molecule has 1 aliphatic carbocycles. The van der Waals surface area contributed by atoms with Crippen molar-refractivity contribution in [3.05, 3.63) is 66.1 Å². The largest absolute Gasteiger partial charge is 0.434 e. The van der Waals surface area contributed by atoms with Crippen molar-refractivity contribution in [1.82, 2.24) is 24.8 Å². The number of alkyl halides is 3. The number of hydrogen-bond acceptors (Lipinski definition) is 6. The standard InChI is InChI=1S/C23H20F4N6O/c1-32(20-11-30-19(10-31-20)23(25,26)27)17-7-13-8-18(17)33(12-13)22(34)16-9-14(24)3-4-15(16)21-28-5-2-6-29-21/h2-6,9-11,13,17-18H,7-8,12H2,1H3/t13-,17?,18?/m0/s1. The van der Waals surface area contributed by atoms with Gasteiger partial charge in [0.25, 0.3) is 5.91 Å². The number of carbonyl (C=O) groups excluding carboxylic acids is 1. The molecular formula is C23H20F4N6O. The normalized spacial score (nSPS) is 21.7. The fourth-order valence-corrected chi connectivity index (χ4v) is 4.94. The number of fused-ring (bicyclic) bond motifs is 2. The van der Waals surface area contributed by atoms with Gasteiger partial charge in [-0.3, -0.25) is 4.79 Å². The topological polar surface area (TPSA) is 75.1 Å². The van der Waals surface area contributed by atoms with E-state index in [2.05, 4.69) is 19.9 Å². The Bertz CT molecular complexity index is 1200. The van der Waals surface area contributed by atoms with Crippen LogP contribution in [-0.2, 0) is 6.18 Å². The predicted octanol–water partition coefficient (Wildman–Crippen LogP) is 3.83. The minimum absolute atomic E-state index is 0.154. The molecule has 2 aliphatic rings. The molecule has 0 radical (unpaired) electrons. The van der Waals surface area contributed by atoms with Crippen LogP contribution >= 0.6 is 0 Å². The minimum Gasteiger partial charge on any atom is -0.353 e. The molecule has 0 N–H and O–H groups in total. The van der Waals surface area contributed by atoms with Crippen LogP contribution in [0, 0.1) is 11.7 Å². The molecule has 2 unspecified atom stereocenters. The highest BCUT2D eigenvalue weighted by Crippen LogP contribution is 2.42. The fraction of sp³-hybridized carbons (Fsp3) is 0.348. The van der Waals surface area contributed by atoms with E-state index in [-0.39, 0.29) is 29.5 Å². The summed E-state index contributed by atoms with van der Waals surface area (Å²) in [5, 5.41) is 0. The average Bonchev–Trinajstić information content (AvgIpc) is 3.44. The summed E-state index contributed by atoms with van der Waals surface area (Å²) in [7, 11) is 1.73. The van der Waals surface area contributed by atoms with E-state index in [0.29, 0.717) is 29.9 Å². The lowest BCUT2D eigenvalue weighted by molar-refractivity contribution is -0.141. The van der Waals surface area contributed by atoms with Crippen LogP contribution in [0.5, 0.6) is 0 Å². The lowest BCUT2D eigenvalue weighted by atomic mass is 10.0. The zero-order chi connectivity index (χ0) is 24.0. The number of nitrogens with zero attached hydrogens (tertiary/aromatic N) is 6. The van der Waals surface area contributed by atoms with Gasteiger partial charge in [-0.25, -0.2) is 24.3 Å². The van der Waals surface area contributed by atoms with Gasteiger partial charge in [0.05, 0.1) is 30.0 Å². The van der Waals surface area contributed by atoms with Gasteiger partial charge in [0.1, 0.15) is 11.6 Å². The zero-order valence-electron chi connectivity index (χ0n) is 18.1. The van der Waals surface area contributed by atoms with E-state index in [4.69, 9.17) is 0 Å². The first-order chi connectivity index (χ1) is 16.2. The maximum Gasteiger partial charge on any atom is 0.434 e. The number of anilines is 1. The summed E-state index contributed by atoms with van der Waals surface area (Å²) in [6, 6.07) is 5.25. The maximum atomic E-state index is 14.1. The van der Waals surface area contributed by atoms with Crippen molar-refractivity contribution in [2.45, 2.75) is 31.1 Å². The Balaban J connectivity index is 1.41. The van der Waals surface area contributed by atoms with Crippen LogP contribution in [0.15, 0.2) is 49.1 Å². The molecule has 2 fully saturated rings. The molecule has 0 spiro atoms. The van der Waals surface area contributed by atoms with Crippen LogP contribution in [0.3, 0.4) is 0 Å². The number of rotatable bonds is 4. The molecule has 1 aliphatic heterocycles. The van der Waals surface area contributed by atoms with E-state index < -0.39 is 17.7 Å². The van der Waals surface area contributed by atoms with Crippen LogP contribution in [0.4, 0.5) is 23.4 Å². The molecule has 2 aromatic heterocycles. The number of likely N-dealkylation sites (N-methyl/N-ethyl adjacent to an activating group) is 1. The second-order valence-corrected chi connectivity index (χ2v) is 8.56. The van der Waals surface area contributed by atoms with Gasteiger partial charge < -0.3 is 9.80 Å². The maximum absolute atomic E-state index is 14.1. The molecule has 7 nitrogen and oxygen atoms in total. The van der Waals surface area contributed by atoms with Crippen molar-refractivity contribution in [1.29, 1.82) is 0 Å². The summed E-state index contributed by atoms with van der Waals surface area (Å²) in [6.07, 6.45) is 1.86. The molecule has 34 heavy (non-hydrogen) atoms. The summed E-state index contributed by atoms with van der Waals surface area (Å²) in [4.78, 5) is 32.9. The molecule has 1 amide bonds. The number of halogens is 4. The summed E-state index contributed by atoms with van der Waals surface area (Å²) in [5.74, 6) is -0.0214. The van der Waals surface area contributed by atoms with Crippen LogP contribution in [-0.4, -0.2) is 56.4 Å². The molecule has 5 rings (SSSR count). The molecular weight excluding hydrogens is 452 g/mol. The summed E-state index contributed by atoms with van der Waals surface area (Å²) >= 11 is 0. The van der Waals surface area contributed by atoms with E-state index in [1.165, 1.54) is 18.2 Å². The van der Waals surface area contributed by atoms with Crippen molar-refractivity contribution >= 4 is 11.7 Å². The van der Waals surface area contributed by atoms with E-state index in [9.17, 15) is 22.4 Å². The van der Waals surface area contributed by atoms with Crippen LogP contribution in [0.1, 0.15) is 28.9 Å². The third-order valence-corrected chi connectivity index (χ3v) is 6.52. The Morgan fingerprint density at radius 2 is 1.85 bits per heavy atom. The van der Waals surface area contributed by atoms with Crippen LogP contribution in [0.2, 0.25) is 0 Å². The Morgan fingerprint density at radius 1 is 1.09 bits per heavy atom. The highest BCUT2D eigenvalue weighted by Gasteiger charge is 2.49. The van der Waals surface area contributed by atoms with Crippen molar-refractivity contribution < 1.29 is 22.4 Å². The quantitative estimate of drug-likeness (QED) is 0.538. The molecule has 176 valence electrons.